The topological polar surface area (TPSA) is 13.6 Å². The maximum Gasteiger partial charge on any atom is 0.228 e. The van der Waals surface area contributed by atoms with E-state index in [1.165, 1.54) is 0 Å². The number of nitrogens with zero attached hydrogens (tertiary/aromatic N) is 1. The number of rotatable bonds is 3. The van der Waals surface area contributed by atoms with Gasteiger partial charge in [0, 0.05) is 0 Å². The maximum atomic E-state index is 6.84. The summed E-state index contributed by atoms with van der Waals surface area (Å²) in [5, 5.41) is 0. The molecule has 0 bridgehead atoms. The summed E-state index contributed by atoms with van der Waals surface area (Å²) in [6, 6.07) is 7.16. The molecule has 0 heterocycles. The van der Waals surface area contributed by atoms with E-state index >= 15 is 0 Å². The van der Waals surface area contributed by atoms with E-state index in [2.05, 4.69) is 11.4 Å². The highest BCUT2D eigenvalue weighted by Crippen LogP contribution is 2.26. The van der Waals surface area contributed by atoms with E-state index < -0.39 is 0 Å². The molecule has 0 spiro atoms. The minimum Gasteiger partial charge on any atom is -0.501 e. The Morgan fingerprint density at radius 3 is 2.92 bits per heavy atom. The Morgan fingerprint density at radius 2 is 2.25 bits per heavy atom. The molecule has 0 aromatic heterocycles. The Morgan fingerprint density at radius 1 is 1.50 bits per heavy atom. The summed E-state index contributed by atoms with van der Waals surface area (Å²) in [5.41, 5.74) is 0.541. The molecule has 2 nitrogen and oxygen atoms in total. The van der Waals surface area contributed by atoms with E-state index in [1.807, 2.05) is 12.1 Å². The van der Waals surface area contributed by atoms with Gasteiger partial charge in [-0.05, 0) is 6.07 Å². The highest BCUT2D eigenvalue weighted by atomic mass is 16.5. The first-order chi connectivity index (χ1) is 5.88. The molecule has 1 rings (SSSR count). The van der Waals surface area contributed by atoms with Crippen LogP contribution in [0.3, 0.4) is 0 Å². The second-order valence-electron chi connectivity index (χ2n) is 2.18. The average Bonchev–Trinajstić information content (AvgIpc) is 2.15. The molecule has 0 amide bonds. The van der Waals surface area contributed by atoms with Crippen LogP contribution in [0.1, 0.15) is 0 Å². The average molecular weight is 159 g/mol. The standard InChI is InChI=1S/C10H9NO/c1-3-8-12-10-7-5-4-6-9(10)11-2/h3-7H,1,8H2. The smallest absolute Gasteiger partial charge is 0.228 e. The molecule has 0 radical (unpaired) electrons. The zero-order valence-corrected chi connectivity index (χ0v) is 6.66. The van der Waals surface area contributed by atoms with Crippen LogP contribution < -0.4 is 4.74 Å². The van der Waals surface area contributed by atoms with E-state index in [9.17, 15) is 0 Å². The van der Waals surface area contributed by atoms with Gasteiger partial charge in [0.25, 0.3) is 0 Å². The van der Waals surface area contributed by atoms with Gasteiger partial charge in [0.2, 0.25) is 5.69 Å². The summed E-state index contributed by atoms with van der Waals surface area (Å²) in [6.45, 7) is 10.8. The van der Waals surface area contributed by atoms with Gasteiger partial charge < -0.3 is 4.74 Å². The SMILES string of the molecule is [C-]#[N+]c1ccccc1OCC=C. The number of hydrogen-bond acceptors (Lipinski definition) is 1. The monoisotopic (exact) mass is 159 g/mol. The van der Waals surface area contributed by atoms with Crippen molar-refractivity contribution in [2.24, 2.45) is 0 Å². The summed E-state index contributed by atoms with van der Waals surface area (Å²) in [4.78, 5) is 3.31. The van der Waals surface area contributed by atoms with Gasteiger partial charge in [0.1, 0.15) is 12.4 Å². The van der Waals surface area contributed by atoms with Crippen LogP contribution in [0.5, 0.6) is 5.75 Å². The third-order valence-corrected chi connectivity index (χ3v) is 1.34. The van der Waals surface area contributed by atoms with Crippen molar-refractivity contribution in [1.29, 1.82) is 0 Å². The second kappa shape index (κ2) is 4.20. The third-order valence-electron chi connectivity index (χ3n) is 1.34. The molecular formula is C10H9NO. The van der Waals surface area contributed by atoms with E-state index in [1.54, 1.807) is 18.2 Å². The molecule has 12 heavy (non-hydrogen) atoms. The van der Waals surface area contributed by atoms with Gasteiger partial charge in [-0.25, -0.2) is 4.85 Å². The summed E-state index contributed by atoms with van der Waals surface area (Å²) in [6.07, 6.45) is 1.65. The van der Waals surface area contributed by atoms with Gasteiger partial charge in [-0.3, -0.25) is 0 Å². The van der Waals surface area contributed by atoms with Crippen LogP contribution in [0.15, 0.2) is 36.9 Å². The van der Waals surface area contributed by atoms with Crippen molar-refractivity contribution in [2.45, 2.75) is 0 Å². The Bertz CT molecular complexity index is 312. The molecular weight excluding hydrogens is 150 g/mol. The lowest BCUT2D eigenvalue weighted by atomic mass is 10.3. The van der Waals surface area contributed by atoms with E-state index in [4.69, 9.17) is 11.3 Å². The van der Waals surface area contributed by atoms with Gasteiger partial charge in [0.15, 0.2) is 0 Å². The van der Waals surface area contributed by atoms with Crippen LogP contribution in [0.4, 0.5) is 5.69 Å². The molecule has 1 aromatic carbocycles. The largest absolute Gasteiger partial charge is 0.501 e. The molecule has 0 fully saturated rings. The van der Waals surface area contributed by atoms with Gasteiger partial charge in [-0.15, -0.1) is 0 Å². The fourth-order valence-corrected chi connectivity index (χ4v) is 0.820. The Hall–Kier alpha value is -1.75. The van der Waals surface area contributed by atoms with Crippen LogP contribution in [-0.2, 0) is 0 Å². The molecule has 0 atom stereocenters. The molecule has 1 aromatic rings. The zero-order valence-electron chi connectivity index (χ0n) is 6.66. The molecule has 60 valence electrons. The van der Waals surface area contributed by atoms with Crippen molar-refractivity contribution < 1.29 is 4.74 Å². The quantitative estimate of drug-likeness (QED) is 0.488. The number of hydrogen-bond donors (Lipinski definition) is 0. The fourth-order valence-electron chi connectivity index (χ4n) is 0.820. The van der Waals surface area contributed by atoms with Crippen LogP contribution in [0, 0.1) is 6.57 Å². The van der Waals surface area contributed by atoms with E-state index in [0.717, 1.165) is 0 Å². The maximum absolute atomic E-state index is 6.84. The second-order valence-corrected chi connectivity index (χ2v) is 2.18. The van der Waals surface area contributed by atoms with Crippen LogP contribution >= 0.6 is 0 Å². The molecule has 0 saturated heterocycles. The molecule has 0 aliphatic heterocycles. The minimum atomic E-state index is 0.437. The molecule has 2 heteroatoms. The van der Waals surface area contributed by atoms with Crippen LogP contribution in [0.2, 0.25) is 0 Å². The first-order valence-corrected chi connectivity index (χ1v) is 3.58. The van der Waals surface area contributed by atoms with Crippen molar-refractivity contribution in [2.75, 3.05) is 6.61 Å². The molecule has 0 unspecified atom stereocenters. The van der Waals surface area contributed by atoms with Gasteiger partial charge in [-0.2, -0.15) is 0 Å². The molecule has 0 aliphatic carbocycles. The lowest BCUT2D eigenvalue weighted by molar-refractivity contribution is 0.365. The minimum absolute atomic E-state index is 0.437. The van der Waals surface area contributed by atoms with Gasteiger partial charge >= 0.3 is 0 Å². The predicted octanol–water partition coefficient (Wildman–Crippen LogP) is 2.80. The van der Waals surface area contributed by atoms with Crippen molar-refractivity contribution in [1.82, 2.24) is 0 Å². The summed E-state index contributed by atoms with van der Waals surface area (Å²) in [5.74, 6) is 0.618. The van der Waals surface area contributed by atoms with Crippen molar-refractivity contribution in [3.05, 3.63) is 48.3 Å². The fraction of sp³-hybridized carbons (Fsp3) is 0.100. The first-order valence-electron chi connectivity index (χ1n) is 3.58. The van der Waals surface area contributed by atoms with Gasteiger partial charge in [-0.1, -0.05) is 30.9 Å². The Kier molecular flexibility index (Phi) is 2.92. The van der Waals surface area contributed by atoms with Crippen molar-refractivity contribution in [3.63, 3.8) is 0 Å². The molecule has 0 aliphatic rings. The summed E-state index contributed by atoms with van der Waals surface area (Å²) >= 11 is 0. The van der Waals surface area contributed by atoms with E-state index in [-0.39, 0.29) is 0 Å². The summed E-state index contributed by atoms with van der Waals surface area (Å²) < 4.78 is 5.25. The first kappa shape index (κ1) is 8.35. The van der Waals surface area contributed by atoms with Gasteiger partial charge in [0.05, 0.1) is 6.57 Å². The number of ether oxygens (including phenoxy) is 1. The highest BCUT2D eigenvalue weighted by molar-refractivity contribution is 5.56. The van der Waals surface area contributed by atoms with Crippen LogP contribution in [-0.4, -0.2) is 6.61 Å². The van der Waals surface area contributed by atoms with Crippen molar-refractivity contribution >= 4 is 5.69 Å². The lowest BCUT2D eigenvalue weighted by Crippen LogP contribution is -1.91. The highest BCUT2D eigenvalue weighted by Gasteiger charge is 1.99. The number of para-hydroxylation sites is 2. The predicted molar refractivity (Wildman–Crippen MR) is 48.4 cm³/mol. The Balaban J connectivity index is 2.83. The molecule has 0 N–H and O–H groups in total. The third kappa shape index (κ3) is 1.86. The van der Waals surface area contributed by atoms with Crippen LogP contribution in [0.25, 0.3) is 4.85 Å². The molecule has 0 saturated carbocycles. The summed E-state index contributed by atoms with van der Waals surface area (Å²) in [7, 11) is 0. The number of benzene rings is 1. The zero-order chi connectivity index (χ0) is 8.81. The lowest BCUT2D eigenvalue weighted by Gasteiger charge is -2.03. The van der Waals surface area contributed by atoms with E-state index in [0.29, 0.717) is 18.0 Å². The van der Waals surface area contributed by atoms with Crippen molar-refractivity contribution in [3.8, 4) is 5.75 Å². The Labute approximate surface area is 71.9 Å². The normalized spacial score (nSPS) is 8.58.